The SMILES string of the molecule is COc1ccc(Oc2ccc(/C=C/C(=O)c3ccc(NC4=NCCCS4)cc3)cc2[N+](=O)[O-])cc1. The number of allylic oxidation sites excluding steroid dienone is 1. The Labute approximate surface area is 206 Å². The minimum Gasteiger partial charge on any atom is -0.497 e. The summed E-state index contributed by atoms with van der Waals surface area (Å²) in [7, 11) is 1.55. The Balaban J connectivity index is 1.43. The van der Waals surface area contributed by atoms with Gasteiger partial charge in [-0.3, -0.25) is 19.9 Å². The quantitative estimate of drug-likeness (QED) is 0.174. The summed E-state index contributed by atoms with van der Waals surface area (Å²) in [4.78, 5) is 28.1. The van der Waals surface area contributed by atoms with E-state index < -0.39 is 4.92 Å². The van der Waals surface area contributed by atoms with E-state index in [1.807, 2.05) is 12.1 Å². The number of carbonyl (C=O) groups excluding carboxylic acids is 1. The van der Waals surface area contributed by atoms with Crippen molar-refractivity contribution in [2.45, 2.75) is 6.42 Å². The predicted molar refractivity (Wildman–Crippen MR) is 139 cm³/mol. The van der Waals surface area contributed by atoms with Gasteiger partial charge in [-0.15, -0.1) is 0 Å². The van der Waals surface area contributed by atoms with Crippen LogP contribution in [-0.2, 0) is 0 Å². The van der Waals surface area contributed by atoms with Gasteiger partial charge in [0.05, 0.1) is 12.0 Å². The Morgan fingerprint density at radius 3 is 2.49 bits per heavy atom. The summed E-state index contributed by atoms with van der Waals surface area (Å²) in [5.74, 6) is 2.04. The molecule has 0 spiro atoms. The molecule has 3 aromatic carbocycles. The number of aliphatic imine (C=N–C) groups is 1. The largest absolute Gasteiger partial charge is 0.497 e. The van der Waals surface area contributed by atoms with Crippen LogP contribution in [0.5, 0.6) is 17.2 Å². The van der Waals surface area contributed by atoms with E-state index in [-0.39, 0.29) is 17.2 Å². The highest BCUT2D eigenvalue weighted by molar-refractivity contribution is 8.14. The molecule has 1 aliphatic rings. The number of hydrogen-bond acceptors (Lipinski definition) is 8. The first-order chi connectivity index (χ1) is 17.0. The Bertz CT molecular complexity index is 1270. The van der Waals surface area contributed by atoms with Crippen molar-refractivity contribution in [3.05, 3.63) is 94.0 Å². The fourth-order valence-corrected chi connectivity index (χ4v) is 4.12. The molecule has 0 bridgehead atoms. The number of ether oxygens (including phenoxy) is 2. The van der Waals surface area contributed by atoms with Gasteiger partial charge in [-0.2, -0.15) is 0 Å². The molecule has 8 nitrogen and oxygen atoms in total. The molecule has 3 aromatic rings. The number of nitro benzene ring substituents is 1. The number of thioether (sulfide) groups is 1. The molecule has 0 radical (unpaired) electrons. The number of nitro groups is 1. The molecule has 0 amide bonds. The standard InChI is InChI=1S/C26H23N3O5S/c1-33-21-9-11-22(12-10-21)34-25-14-4-18(17-23(25)29(31)32)3-13-24(30)19-5-7-20(8-6-19)28-26-27-15-2-16-35-26/h3-14,17H,2,15-16H2,1H3,(H,27,28)/b13-3+. The molecule has 9 heteroatoms. The van der Waals surface area contributed by atoms with Gasteiger partial charge in [0, 0.05) is 29.6 Å². The Kier molecular flexibility index (Phi) is 7.79. The summed E-state index contributed by atoms with van der Waals surface area (Å²) in [6.45, 7) is 0.823. The number of rotatable bonds is 8. The van der Waals surface area contributed by atoms with Crippen LogP contribution in [0.2, 0.25) is 0 Å². The molecule has 4 rings (SSSR count). The molecule has 35 heavy (non-hydrogen) atoms. The van der Waals surface area contributed by atoms with Gasteiger partial charge < -0.3 is 14.8 Å². The molecular weight excluding hydrogens is 466 g/mol. The molecule has 0 fully saturated rings. The fourth-order valence-electron chi connectivity index (χ4n) is 3.28. The van der Waals surface area contributed by atoms with E-state index in [2.05, 4.69) is 10.3 Å². The summed E-state index contributed by atoms with van der Waals surface area (Å²) in [5, 5.41) is 15.7. The van der Waals surface area contributed by atoms with E-state index in [0.29, 0.717) is 22.6 Å². The van der Waals surface area contributed by atoms with Crippen LogP contribution >= 0.6 is 11.8 Å². The Morgan fingerprint density at radius 2 is 1.83 bits per heavy atom. The van der Waals surface area contributed by atoms with Gasteiger partial charge in [0.1, 0.15) is 11.5 Å². The predicted octanol–water partition coefficient (Wildman–Crippen LogP) is 6.20. The van der Waals surface area contributed by atoms with Crippen LogP contribution in [0.15, 0.2) is 77.8 Å². The number of methoxy groups -OCH3 is 1. The van der Waals surface area contributed by atoms with Crippen molar-refractivity contribution in [1.82, 2.24) is 0 Å². The monoisotopic (exact) mass is 489 g/mol. The molecule has 0 saturated carbocycles. The van der Waals surface area contributed by atoms with Crippen LogP contribution in [0, 0.1) is 10.1 Å². The summed E-state index contributed by atoms with van der Waals surface area (Å²) < 4.78 is 10.8. The van der Waals surface area contributed by atoms with E-state index >= 15 is 0 Å². The lowest BCUT2D eigenvalue weighted by molar-refractivity contribution is -0.385. The topological polar surface area (TPSA) is 103 Å². The maximum atomic E-state index is 12.6. The average Bonchev–Trinajstić information content (AvgIpc) is 2.89. The van der Waals surface area contributed by atoms with Crippen LogP contribution in [0.3, 0.4) is 0 Å². The summed E-state index contributed by atoms with van der Waals surface area (Å²) in [6, 6.07) is 18.4. The summed E-state index contributed by atoms with van der Waals surface area (Å²) >= 11 is 1.68. The van der Waals surface area contributed by atoms with Crippen molar-refractivity contribution in [3.8, 4) is 17.2 Å². The fraction of sp³-hybridized carbons (Fsp3) is 0.154. The van der Waals surface area contributed by atoms with Crippen LogP contribution in [-0.4, -0.2) is 35.3 Å². The first-order valence-electron chi connectivity index (χ1n) is 10.9. The number of carbonyl (C=O) groups is 1. The van der Waals surface area contributed by atoms with Gasteiger partial charge in [0.2, 0.25) is 5.75 Å². The number of anilines is 1. The molecule has 178 valence electrons. The van der Waals surface area contributed by atoms with Gasteiger partial charge in [-0.1, -0.05) is 23.9 Å². The number of hydrogen-bond donors (Lipinski definition) is 1. The molecule has 0 aromatic heterocycles. The summed E-state index contributed by atoms with van der Waals surface area (Å²) in [6.07, 6.45) is 4.02. The van der Waals surface area contributed by atoms with E-state index in [1.54, 1.807) is 67.4 Å². The van der Waals surface area contributed by atoms with Crippen molar-refractivity contribution >= 4 is 40.2 Å². The van der Waals surface area contributed by atoms with Gasteiger partial charge in [0.15, 0.2) is 11.0 Å². The summed E-state index contributed by atoms with van der Waals surface area (Å²) in [5.41, 5.74) is 1.69. The van der Waals surface area contributed by atoms with Crippen molar-refractivity contribution in [2.24, 2.45) is 4.99 Å². The smallest absolute Gasteiger partial charge is 0.312 e. The molecule has 0 unspecified atom stereocenters. The van der Waals surface area contributed by atoms with Gasteiger partial charge in [-0.25, -0.2) is 0 Å². The van der Waals surface area contributed by atoms with Gasteiger partial charge in [-0.05, 0) is 72.7 Å². The highest BCUT2D eigenvalue weighted by Crippen LogP contribution is 2.33. The van der Waals surface area contributed by atoms with Crippen molar-refractivity contribution < 1.29 is 19.2 Å². The van der Waals surface area contributed by atoms with Crippen molar-refractivity contribution in [3.63, 3.8) is 0 Å². The number of benzene rings is 3. The minimum atomic E-state index is -0.515. The first-order valence-corrected chi connectivity index (χ1v) is 11.9. The third-order valence-electron chi connectivity index (χ3n) is 5.11. The number of nitrogens with zero attached hydrogens (tertiary/aromatic N) is 2. The van der Waals surface area contributed by atoms with Crippen LogP contribution in [0.4, 0.5) is 11.4 Å². The highest BCUT2D eigenvalue weighted by atomic mass is 32.2. The van der Waals surface area contributed by atoms with E-state index in [1.165, 1.54) is 18.2 Å². The van der Waals surface area contributed by atoms with E-state index in [4.69, 9.17) is 9.47 Å². The van der Waals surface area contributed by atoms with Crippen molar-refractivity contribution in [1.29, 1.82) is 0 Å². The second kappa shape index (κ2) is 11.3. The van der Waals surface area contributed by atoms with E-state index in [9.17, 15) is 14.9 Å². The second-order valence-corrected chi connectivity index (χ2v) is 8.63. The van der Waals surface area contributed by atoms with E-state index in [0.717, 1.165) is 29.6 Å². The Hall–Kier alpha value is -4.11. The number of ketones is 1. The van der Waals surface area contributed by atoms with Gasteiger partial charge >= 0.3 is 5.69 Å². The molecule has 0 aliphatic carbocycles. The normalized spacial score (nSPS) is 13.2. The molecule has 0 atom stereocenters. The zero-order chi connectivity index (χ0) is 24.6. The maximum Gasteiger partial charge on any atom is 0.312 e. The molecule has 1 N–H and O–H groups in total. The lowest BCUT2D eigenvalue weighted by Gasteiger charge is -2.13. The lowest BCUT2D eigenvalue weighted by Crippen LogP contribution is -2.13. The van der Waals surface area contributed by atoms with Crippen LogP contribution in [0.25, 0.3) is 6.08 Å². The molecular formula is C26H23N3O5S. The van der Waals surface area contributed by atoms with Crippen LogP contribution in [0.1, 0.15) is 22.3 Å². The Morgan fingerprint density at radius 1 is 1.09 bits per heavy atom. The minimum absolute atomic E-state index is 0.104. The number of amidine groups is 1. The highest BCUT2D eigenvalue weighted by Gasteiger charge is 2.16. The maximum absolute atomic E-state index is 12.6. The van der Waals surface area contributed by atoms with Crippen molar-refractivity contribution in [2.75, 3.05) is 24.7 Å². The number of nitrogens with one attached hydrogen (secondary N) is 1. The third-order valence-corrected chi connectivity index (χ3v) is 6.11. The zero-order valence-corrected chi connectivity index (χ0v) is 19.8. The third kappa shape index (κ3) is 6.48. The zero-order valence-electron chi connectivity index (χ0n) is 19.0. The van der Waals surface area contributed by atoms with Gasteiger partial charge in [0.25, 0.3) is 0 Å². The average molecular weight is 490 g/mol. The second-order valence-electron chi connectivity index (χ2n) is 7.55. The first kappa shape index (κ1) is 24.0. The molecule has 0 saturated heterocycles. The molecule has 1 heterocycles. The lowest BCUT2D eigenvalue weighted by atomic mass is 10.1. The van der Waals surface area contributed by atoms with Crippen LogP contribution < -0.4 is 14.8 Å². The molecule has 1 aliphatic heterocycles.